The van der Waals surface area contributed by atoms with Gasteiger partial charge in [0.25, 0.3) is 5.91 Å². The van der Waals surface area contributed by atoms with E-state index in [1.165, 1.54) is 6.07 Å². The lowest BCUT2D eigenvalue weighted by Crippen LogP contribution is -2.32. The molecule has 0 atom stereocenters. The quantitative estimate of drug-likeness (QED) is 0.359. The van der Waals surface area contributed by atoms with Crippen LogP contribution in [0.5, 0.6) is 5.75 Å². The SMILES string of the molecule is COc1ccc(CN(Cc2ccc(Br)c(C(F)(F)F)c2)C(=O)c2cc(C3CC3)nn2C)c(C)c1. The van der Waals surface area contributed by atoms with Gasteiger partial charge in [-0.3, -0.25) is 9.48 Å². The number of hydrogen-bond donors (Lipinski definition) is 0. The molecule has 0 saturated heterocycles. The number of amides is 1. The summed E-state index contributed by atoms with van der Waals surface area (Å²) in [4.78, 5) is 15.2. The molecule has 0 spiro atoms. The van der Waals surface area contributed by atoms with Gasteiger partial charge in [-0.1, -0.05) is 28.1 Å². The largest absolute Gasteiger partial charge is 0.497 e. The summed E-state index contributed by atoms with van der Waals surface area (Å²) in [5, 5.41) is 4.49. The smallest absolute Gasteiger partial charge is 0.417 e. The van der Waals surface area contributed by atoms with E-state index < -0.39 is 11.7 Å². The Labute approximate surface area is 204 Å². The molecule has 1 heterocycles. The molecule has 1 amide bonds. The maximum Gasteiger partial charge on any atom is 0.417 e. The second-order valence-electron chi connectivity index (χ2n) is 8.62. The van der Waals surface area contributed by atoms with E-state index in [0.29, 0.717) is 22.9 Å². The summed E-state index contributed by atoms with van der Waals surface area (Å²) in [5.41, 5.74) is 2.73. The normalized spacial score (nSPS) is 13.7. The maximum atomic E-state index is 13.6. The van der Waals surface area contributed by atoms with Crippen LogP contribution in [0.1, 0.15) is 57.2 Å². The molecule has 4 rings (SSSR count). The third-order valence-corrected chi connectivity index (χ3v) is 6.71. The molecule has 1 aromatic heterocycles. The first-order valence-corrected chi connectivity index (χ1v) is 11.7. The van der Waals surface area contributed by atoms with Gasteiger partial charge in [0, 0.05) is 30.5 Å². The highest BCUT2D eigenvalue weighted by molar-refractivity contribution is 9.10. The van der Waals surface area contributed by atoms with Gasteiger partial charge >= 0.3 is 6.18 Å². The minimum Gasteiger partial charge on any atom is -0.497 e. The van der Waals surface area contributed by atoms with E-state index in [0.717, 1.165) is 35.7 Å². The highest BCUT2D eigenvalue weighted by Crippen LogP contribution is 2.39. The number of halogens is 4. The zero-order valence-corrected chi connectivity index (χ0v) is 20.7. The lowest BCUT2D eigenvalue weighted by Gasteiger charge is -2.24. The van der Waals surface area contributed by atoms with Gasteiger partial charge in [0.2, 0.25) is 0 Å². The van der Waals surface area contributed by atoms with Gasteiger partial charge in [-0.15, -0.1) is 0 Å². The summed E-state index contributed by atoms with van der Waals surface area (Å²) < 4.78 is 47.2. The van der Waals surface area contributed by atoms with E-state index in [-0.39, 0.29) is 23.5 Å². The van der Waals surface area contributed by atoms with Crippen molar-refractivity contribution in [2.24, 2.45) is 7.05 Å². The molecule has 5 nitrogen and oxygen atoms in total. The van der Waals surface area contributed by atoms with E-state index in [4.69, 9.17) is 4.74 Å². The Morgan fingerprint density at radius 3 is 2.53 bits per heavy atom. The molecule has 0 aliphatic heterocycles. The number of methoxy groups -OCH3 is 1. The molecule has 0 unspecified atom stereocenters. The van der Waals surface area contributed by atoms with Crippen LogP contribution in [0.3, 0.4) is 0 Å². The number of aryl methyl sites for hydroxylation is 2. The fourth-order valence-electron chi connectivity index (χ4n) is 3.92. The summed E-state index contributed by atoms with van der Waals surface area (Å²) in [6.45, 7) is 2.16. The van der Waals surface area contributed by atoms with E-state index in [2.05, 4.69) is 21.0 Å². The van der Waals surface area contributed by atoms with Crippen molar-refractivity contribution in [2.45, 2.75) is 44.9 Å². The minimum absolute atomic E-state index is 0.0185. The van der Waals surface area contributed by atoms with Crippen molar-refractivity contribution in [3.05, 3.63) is 80.6 Å². The van der Waals surface area contributed by atoms with Gasteiger partial charge in [-0.2, -0.15) is 18.3 Å². The first kappa shape index (κ1) is 24.3. The zero-order valence-electron chi connectivity index (χ0n) is 19.1. The van der Waals surface area contributed by atoms with Crippen LogP contribution in [0.15, 0.2) is 46.9 Å². The predicted molar refractivity (Wildman–Crippen MR) is 126 cm³/mol. The number of hydrogen-bond acceptors (Lipinski definition) is 3. The summed E-state index contributed by atoms with van der Waals surface area (Å²) >= 11 is 2.98. The van der Waals surface area contributed by atoms with Gasteiger partial charge in [0.15, 0.2) is 0 Å². The molecule has 3 aromatic rings. The molecule has 9 heteroatoms. The van der Waals surface area contributed by atoms with Crippen LogP contribution < -0.4 is 4.74 Å². The molecule has 1 saturated carbocycles. The molecule has 1 aliphatic rings. The first-order valence-electron chi connectivity index (χ1n) is 10.9. The second-order valence-corrected chi connectivity index (χ2v) is 9.47. The summed E-state index contributed by atoms with van der Waals surface area (Å²) in [7, 11) is 3.30. The van der Waals surface area contributed by atoms with E-state index in [9.17, 15) is 18.0 Å². The van der Waals surface area contributed by atoms with Gasteiger partial charge in [-0.25, -0.2) is 0 Å². The Morgan fingerprint density at radius 1 is 1.18 bits per heavy atom. The van der Waals surface area contributed by atoms with Crippen molar-refractivity contribution in [2.75, 3.05) is 7.11 Å². The van der Waals surface area contributed by atoms with E-state index in [1.807, 2.05) is 25.1 Å². The number of carbonyl (C=O) groups is 1. The van der Waals surface area contributed by atoms with Crippen molar-refractivity contribution in [1.29, 1.82) is 0 Å². The number of nitrogens with zero attached hydrogens (tertiary/aromatic N) is 3. The van der Waals surface area contributed by atoms with Crippen LogP contribution in [0.2, 0.25) is 0 Å². The van der Waals surface area contributed by atoms with Gasteiger partial charge in [-0.05, 0) is 66.8 Å². The van der Waals surface area contributed by atoms with Gasteiger partial charge < -0.3 is 9.64 Å². The number of benzene rings is 2. The molecule has 34 heavy (non-hydrogen) atoms. The van der Waals surface area contributed by atoms with Crippen molar-refractivity contribution in [3.63, 3.8) is 0 Å². The van der Waals surface area contributed by atoms with E-state index >= 15 is 0 Å². The van der Waals surface area contributed by atoms with Crippen LogP contribution in [-0.2, 0) is 26.3 Å². The van der Waals surface area contributed by atoms with Crippen LogP contribution in [-0.4, -0.2) is 27.7 Å². The Morgan fingerprint density at radius 2 is 1.91 bits per heavy atom. The van der Waals surface area contributed by atoms with Crippen molar-refractivity contribution in [3.8, 4) is 5.75 Å². The molecule has 1 fully saturated rings. The lowest BCUT2D eigenvalue weighted by molar-refractivity contribution is -0.138. The Bertz CT molecular complexity index is 1220. The zero-order chi connectivity index (χ0) is 24.6. The molecule has 2 aromatic carbocycles. The van der Waals surface area contributed by atoms with Crippen molar-refractivity contribution < 1.29 is 22.7 Å². The topological polar surface area (TPSA) is 47.4 Å². The summed E-state index contributed by atoms with van der Waals surface area (Å²) in [6, 6.07) is 11.4. The molecule has 0 radical (unpaired) electrons. The number of alkyl halides is 3. The molecule has 1 aliphatic carbocycles. The number of rotatable bonds is 7. The number of aromatic nitrogens is 2. The Kier molecular flexibility index (Phi) is 6.75. The van der Waals surface area contributed by atoms with Crippen molar-refractivity contribution in [1.82, 2.24) is 14.7 Å². The second kappa shape index (κ2) is 9.44. The average molecular weight is 536 g/mol. The Hall–Kier alpha value is -2.81. The summed E-state index contributed by atoms with van der Waals surface area (Å²) in [5.74, 6) is 0.794. The monoisotopic (exact) mass is 535 g/mol. The number of ether oxygens (including phenoxy) is 1. The average Bonchev–Trinajstić information content (AvgIpc) is 3.56. The van der Waals surface area contributed by atoms with Crippen LogP contribution in [0.25, 0.3) is 0 Å². The maximum absolute atomic E-state index is 13.6. The van der Waals surface area contributed by atoms with Gasteiger partial charge in [0.05, 0.1) is 18.4 Å². The first-order chi connectivity index (χ1) is 16.1. The van der Waals surface area contributed by atoms with Gasteiger partial charge in [0.1, 0.15) is 11.4 Å². The third-order valence-electron chi connectivity index (χ3n) is 6.02. The molecular formula is C25H25BrF3N3O2. The third kappa shape index (κ3) is 5.29. The van der Waals surface area contributed by atoms with Crippen LogP contribution in [0.4, 0.5) is 13.2 Å². The molecule has 0 N–H and O–H groups in total. The molecular weight excluding hydrogens is 511 g/mol. The van der Waals surface area contributed by atoms with E-state index in [1.54, 1.807) is 35.9 Å². The number of carbonyl (C=O) groups excluding carboxylic acids is 1. The predicted octanol–water partition coefficient (Wildman–Crippen LogP) is 6.24. The fraction of sp³-hybridized carbons (Fsp3) is 0.360. The standard InChI is InChI=1S/C25H25BrF3N3O2/c1-15-10-19(34-3)8-7-18(15)14-32(13-16-4-9-21(26)20(11-16)25(27,28)29)24(33)23-12-22(17-5-6-17)30-31(23)2/h4,7-12,17H,5-6,13-14H2,1-3H3. The fourth-order valence-corrected chi connectivity index (χ4v) is 4.39. The molecule has 0 bridgehead atoms. The highest BCUT2D eigenvalue weighted by Gasteiger charge is 2.34. The molecule has 180 valence electrons. The summed E-state index contributed by atoms with van der Waals surface area (Å²) in [6.07, 6.45) is -2.39. The highest BCUT2D eigenvalue weighted by atomic mass is 79.9. The lowest BCUT2D eigenvalue weighted by atomic mass is 10.1. The van der Waals surface area contributed by atoms with Crippen LogP contribution in [0, 0.1) is 6.92 Å². The van der Waals surface area contributed by atoms with Crippen LogP contribution >= 0.6 is 15.9 Å². The van der Waals surface area contributed by atoms with Crippen molar-refractivity contribution >= 4 is 21.8 Å². The minimum atomic E-state index is -4.50. The Balaban J connectivity index is 1.69.